The molecule has 0 aliphatic rings. The highest BCUT2D eigenvalue weighted by molar-refractivity contribution is 5.45. The maximum absolute atomic E-state index is 5.77. The normalized spacial score (nSPS) is 12.4. The molecule has 0 heterocycles. The zero-order valence-corrected chi connectivity index (χ0v) is 21.1. The van der Waals surface area contributed by atoms with Crippen LogP contribution in [0, 0.1) is 0 Å². The maximum Gasteiger partial charge on any atom is 0.122 e. The van der Waals surface area contributed by atoms with E-state index >= 15 is 0 Å². The van der Waals surface area contributed by atoms with Crippen molar-refractivity contribution in [3.63, 3.8) is 0 Å². The van der Waals surface area contributed by atoms with Crippen LogP contribution >= 0.6 is 0 Å². The minimum Gasteiger partial charge on any atom is -0.496 e. The van der Waals surface area contributed by atoms with Crippen molar-refractivity contribution < 1.29 is 9.47 Å². The maximum atomic E-state index is 5.77. The van der Waals surface area contributed by atoms with Gasteiger partial charge in [0.25, 0.3) is 0 Å². The van der Waals surface area contributed by atoms with E-state index in [1.54, 1.807) is 14.2 Å². The third-order valence-electron chi connectivity index (χ3n) is 6.40. The fourth-order valence-electron chi connectivity index (χ4n) is 4.29. The van der Waals surface area contributed by atoms with Crippen molar-refractivity contribution in [2.45, 2.75) is 51.9 Å². The van der Waals surface area contributed by atoms with Crippen LogP contribution in [0.25, 0.3) is 0 Å². The molecule has 0 amide bonds. The number of benzene rings is 3. The van der Waals surface area contributed by atoms with Crippen molar-refractivity contribution >= 4 is 0 Å². The van der Waals surface area contributed by atoms with E-state index in [2.05, 4.69) is 91.9 Å². The van der Waals surface area contributed by atoms with Gasteiger partial charge in [-0.15, -0.1) is 0 Å². The largest absolute Gasteiger partial charge is 0.496 e. The number of aryl methyl sites for hydroxylation is 3. The quantitative estimate of drug-likeness (QED) is 0.203. The Hall–Kier alpha value is -3.26. The van der Waals surface area contributed by atoms with Crippen LogP contribution in [-0.4, -0.2) is 14.2 Å². The molecule has 2 nitrogen and oxygen atoms in total. The van der Waals surface area contributed by atoms with Crippen molar-refractivity contribution in [3.8, 4) is 11.5 Å². The lowest BCUT2D eigenvalue weighted by atomic mass is 9.90. The summed E-state index contributed by atoms with van der Waals surface area (Å²) < 4.78 is 11.5. The molecule has 0 aromatic heterocycles. The first kappa shape index (κ1) is 25.4. The highest BCUT2D eigenvalue weighted by atomic mass is 16.5. The summed E-state index contributed by atoms with van der Waals surface area (Å²) >= 11 is 0. The number of allylic oxidation sites excluding steroid dienone is 4. The molecule has 34 heavy (non-hydrogen) atoms. The van der Waals surface area contributed by atoms with Gasteiger partial charge in [-0.2, -0.15) is 0 Å². The molecule has 0 bridgehead atoms. The standard InChI is InChI=1S/C32H38O2/c1-5-6-7-8-9-13-16-27-19-21-29(23-31(27)33-3)25(2)30-22-20-28(32(24-30)34-4)18-17-26-14-11-10-12-15-26/h5-8,10-12,14-15,19-25H,9,13,16-18H2,1-4H3/b6-5-,8-7-. The Bertz CT molecular complexity index is 1080. The van der Waals surface area contributed by atoms with Gasteiger partial charge in [0, 0.05) is 5.92 Å². The second-order valence-electron chi connectivity index (χ2n) is 8.70. The molecule has 1 atom stereocenters. The highest BCUT2D eigenvalue weighted by Crippen LogP contribution is 2.33. The fourth-order valence-corrected chi connectivity index (χ4v) is 4.29. The minimum absolute atomic E-state index is 0.254. The van der Waals surface area contributed by atoms with Gasteiger partial charge in [-0.1, -0.05) is 85.8 Å². The molecule has 0 saturated carbocycles. The smallest absolute Gasteiger partial charge is 0.122 e. The molecule has 0 fully saturated rings. The zero-order chi connectivity index (χ0) is 24.2. The number of hydrogen-bond donors (Lipinski definition) is 0. The molecule has 178 valence electrons. The zero-order valence-electron chi connectivity index (χ0n) is 21.1. The van der Waals surface area contributed by atoms with Crippen LogP contribution in [-0.2, 0) is 19.3 Å². The fraction of sp³-hybridized carbons (Fsp3) is 0.312. The van der Waals surface area contributed by atoms with Crippen LogP contribution in [0.2, 0.25) is 0 Å². The third kappa shape index (κ3) is 7.12. The number of methoxy groups -OCH3 is 2. The molecular formula is C32H38O2. The van der Waals surface area contributed by atoms with Crippen LogP contribution < -0.4 is 9.47 Å². The van der Waals surface area contributed by atoms with Crippen LogP contribution in [0.15, 0.2) is 91.0 Å². The average Bonchev–Trinajstić information content (AvgIpc) is 2.89. The van der Waals surface area contributed by atoms with Crippen molar-refractivity contribution in [2.75, 3.05) is 14.2 Å². The van der Waals surface area contributed by atoms with E-state index in [4.69, 9.17) is 9.47 Å². The lowest BCUT2D eigenvalue weighted by Crippen LogP contribution is -2.02. The van der Waals surface area contributed by atoms with Crippen LogP contribution in [0.3, 0.4) is 0 Å². The number of hydrogen-bond acceptors (Lipinski definition) is 2. The van der Waals surface area contributed by atoms with Gasteiger partial charge in [0.1, 0.15) is 11.5 Å². The van der Waals surface area contributed by atoms with Crippen molar-refractivity contribution in [2.24, 2.45) is 0 Å². The van der Waals surface area contributed by atoms with Crippen LogP contribution in [0.5, 0.6) is 11.5 Å². The Kier molecular flexibility index (Phi) is 10.0. The van der Waals surface area contributed by atoms with Gasteiger partial charge in [-0.25, -0.2) is 0 Å². The minimum atomic E-state index is 0.254. The molecule has 1 unspecified atom stereocenters. The lowest BCUT2D eigenvalue weighted by Gasteiger charge is -2.18. The van der Waals surface area contributed by atoms with E-state index in [1.165, 1.54) is 27.8 Å². The average molecular weight is 455 g/mol. The first-order valence-electron chi connectivity index (χ1n) is 12.3. The number of ether oxygens (including phenoxy) is 2. The molecule has 0 aliphatic heterocycles. The van der Waals surface area contributed by atoms with Gasteiger partial charge in [0.05, 0.1) is 14.2 Å². The lowest BCUT2D eigenvalue weighted by molar-refractivity contribution is 0.408. The van der Waals surface area contributed by atoms with Crippen LogP contribution in [0.1, 0.15) is 60.4 Å². The molecule has 3 rings (SSSR count). The van der Waals surface area contributed by atoms with Gasteiger partial charge < -0.3 is 9.47 Å². The van der Waals surface area contributed by atoms with E-state index in [1.807, 2.05) is 13.0 Å². The van der Waals surface area contributed by atoms with E-state index in [9.17, 15) is 0 Å². The second-order valence-corrected chi connectivity index (χ2v) is 8.70. The molecule has 0 spiro atoms. The Morgan fingerprint density at radius 2 is 1.35 bits per heavy atom. The van der Waals surface area contributed by atoms with Crippen molar-refractivity contribution in [1.82, 2.24) is 0 Å². The van der Waals surface area contributed by atoms with E-state index in [0.717, 1.165) is 43.6 Å². The molecular weight excluding hydrogens is 416 g/mol. The molecule has 3 aromatic rings. The topological polar surface area (TPSA) is 18.5 Å². The van der Waals surface area contributed by atoms with Gasteiger partial charge in [0.2, 0.25) is 0 Å². The molecule has 0 N–H and O–H groups in total. The highest BCUT2D eigenvalue weighted by Gasteiger charge is 2.14. The molecule has 3 aromatic carbocycles. The number of unbranched alkanes of at least 4 members (excludes halogenated alkanes) is 1. The van der Waals surface area contributed by atoms with Gasteiger partial charge in [0.15, 0.2) is 0 Å². The monoisotopic (exact) mass is 454 g/mol. The Morgan fingerprint density at radius 1 is 0.735 bits per heavy atom. The summed E-state index contributed by atoms with van der Waals surface area (Å²) in [5, 5.41) is 0. The first-order chi connectivity index (χ1) is 16.7. The van der Waals surface area contributed by atoms with Crippen LogP contribution in [0.4, 0.5) is 0 Å². The molecule has 0 radical (unpaired) electrons. The molecule has 2 heteroatoms. The summed E-state index contributed by atoms with van der Waals surface area (Å²) in [7, 11) is 3.53. The first-order valence-corrected chi connectivity index (χ1v) is 12.3. The van der Waals surface area contributed by atoms with E-state index in [-0.39, 0.29) is 5.92 Å². The predicted octanol–water partition coefficient (Wildman–Crippen LogP) is 8.10. The summed E-state index contributed by atoms with van der Waals surface area (Å²) in [4.78, 5) is 0. The van der Waals surface area contributed by atoms with Crippen molar-refractivity contribution in [1.29, 1.82) is 0 Å². The Morgan fingerprint density at radius 3 is 1.94 bits per heavy atom. The summed E-state index contributed by atoms with van der Waals surface area (Å²) in [6, 6.07) is 23.9. The third-order valence-corrected chi connectivity index (χ3v) is 6.40. The SMILES string of the molecule is C/C=C\C=C/CCCc1ccc(C(C)c2ccc(CCc3ccccc3)c(OC)c2)cc1OC. The Balaban J connectivity index is 1.69. The Labute approximate surface area is 206 Å². The molecule has 0 saturated heterocycles. The van der Waals surface area contributed by atoms with E-state index in [0.29, 0.717) is 0 Å². The predicted molar refractivity (Wildman–Crippen MR) is 144 cm³/mol. The van der Waals surface area contributed by atoms with Gasteiger partial charge >= 0.3 is 0 Å². The number of rotatable bonds is 12. The second kappa shape index (κ2) is 13.4. The van der Waals surface area contributed by atoms with Crippen molar-refractivity contribution in [3.05, 3.63) is 119 Å². The van der Waals surface area contributed by atoms with E-state index < -0.39 is 0 Å². The summed E-state index contributed by atoms with van der Waals surface area (Å²) in [5.41, 5.74) is 6.38. The van der Waals surface area contributed by atoms with Gasteiger partial charge in [-0.05, 0) is 79.0 Å². The van der Waals surface area contributed by atoms with Gasteiger partial charge in [-0.3, -0.25) is 0 Å². The summed E-state index contributed by atoms with van der Waals surface area (Å²) in [6.45, 7) is 4.28. The summed E-state index contributed by atoms with van der Waals surface area (Å²) in [5.74, 6) is 2.20. The molecule has 0 aliphatic carbocycles. The summed E-state index contributed by atoms with van der Waals surface area (Å²) in [6.07, 6.45) is 13.6.